The van der Waals surface area contributed by atoms with Crippen molar-refractivity contribution in [1.29, 1.82) is 0 Å². The highest BCUT2D eigenvalue weighted by Gasteiger charge is 2.12. The Morgan fingerprint density at radius 2 is 1.52 bits per heavy atom. The average molecular weight is 361 g/mol. The summed E-state index contributed by atoms with van der Waals surface area (Å²) in [5, 5.41) is 2.97. The fourth-order valence-electron chi connectivity index (χ4n) is 2.84. The molecule has 3 aromatic carbocycles. The lowest BCUT2D eigenvalue weighted by atomic mass is 10.1. The molecule has 0 aliphatic rings. The number of nitrogens with one attached hydrogen (secondary N) is 1. The van der Waals surface area contributed by atoms with Crippen LogP contribution >= 0.6 is 0 Å². The van der Waals surface area contributed by atoms with Crippen molar-refractivity contribution >= 4 is 5.91 Å². The molecule has 0 spiro atoms. The zero-order chi connectivity index (χ0) is 18.9. The van der Waals surface area contributed by atoms with E-state index in [4.69, 9.17) is 9.47 Å². The highest BCUT2D eigenvalue weighted by atomic mass is 16.5. The van der Waals surface area contributed by atoms with E-state index >= 15 is 0 Å². The van der Waals surface area contributed by atoms with Crippen LogP contribution < -0.4 is 14.8 Å². The zero-order valence-corrected chi connectivity index (χ0v) is 15.4. The second kappa shape index (κ2) is 9.43. The molecule has 0 atom stereocenters. The van der Waals surface area contributed by atoms with E-state index < -0.39 is 0 Å². The molecule has 138 valence electrons. The summed E-state index contributed by atoms with van der Waals surface area (Å²) >= 11 is 0. The first-order valence-corrected chi connectivity index (χ1v) is 9.00. The quantitative estimate of drug-likeness (QED) is 0.584. The van der Waals surface area contributed by atoms with Crippen LogP contribution in [0.5, 0.6) is 17.2 Å². The minimum absolute atomic E-state index is 0.137. The summed E-state index contributed by atoms with van der Waals surface area (Å²) in [5.74, 6) is 1.99. The molecule has 0 aliphatic carbocycles. The molecule has 3 aromatic rings. The molecule has 3 rings (SSSR count). The topological polar surface area (TPSA) is 47.6 Å². The van der Waals surface area contributed by atoms with E-state index in [9.17, 15) is 4.79 Å². The van der Waals surface area contributed by atoms with E-state index in [0.717, 1.165) is 24.2 Å². The van der Waals surface area contributed by atoms with Gasteiger partial charge in [-0.25, -0.2) is 0 Å². The molecule has 1 N–H and O–H groups in total. The van der Waals surface area contributed by atoms with Gasteiger partial charge < -0.3 is 14.8 Å². The van der Waals surface area contributed by atoms with Gasteiger partial charge in [0.2, 0.25) is 0 Å². The van der Waals surface area contributed by atoms with Gasteiger partial charge in [0.05, 0.1) is 12.7 Å². The van der Waals surface area contributed by atoms with Gasteiger partial charge in [0, 0.05) is 6.54 Å². The Kier molecular flexibility index (Phi) is 6.47. The predicted octanol–water partition coefficient (Wildman–Crippen LogP) is 4.85. The maximum absolute atomic E-state index is 12.6. The fraction of sp³-hybridized carbons (Fsp3) is 0.174. The molecule has 0 radical (unpaired) electrons. The van der Waals surface area contributed by atoms with Gasteiger partial charge in [-0.1, -0.05) is 48.5 Å². The third kappa shape index (κ3) is 5.11. The number of carbonyl (C=O) groups is 1. The molecule has 0 saturated heterocycles. The molecule has 0 unspecified atom stereocenters. The second-order valence-electron chi connectivity index (χ2n) is 6.08. The minimum atomic E-state index is -0.137. The standard InChI is InChI=1S/C23H23NO3/c1-26-21-15-7-5-10-18(21)11-9-17-24-23(25)20-14-6-8-16-22(20)27-19-12-3-2-4-13-19/h2-8,10,12-16H,9,11,17H2,1H3,(H,24,25). The van der Waals surface area contributed by atoms with Crippen LogP contribution in [0, 0.1) is 0 Å². The molecule has 27 heavy (non-hydrogen) atoms. The third-order valence-electron chi connectivity index (χ3n) is 4.20. The summed E-state index contributed by atoms with van der Waals surface area (Å²) in [6.45, 7) is 0.580. The lowest BCUT2D eigenvalue weighted by Gasteiger charge is -2.12. The van der Waals surface area contributed by atoms with Gasteiger partial charge >= 0.3 is 0 Å². The van der Waals surface area contributed by atoms with Crippen LogP contribution in [0.4, 0.5) is 0 Å². The lowest BCUT2D eigenvalue weighted by molar-refractivity contribution is 0.0951. The second-order valence-corrected chi connectivity index (χ2v) is 6.08. The van der Waals surface area contributed by atoms with Crippen LogP contribution in [0.3, 0.4) is 0 Å². The van der Waals surface area contributed by atoms with Crippen molar-refractivity contribution in [3.8, 4) is 17.2 Å². The van der Waals surface area contributed by atoms with Crippen molar-refractivity contribution in [3.63, 3.8) is 0 Å². The highest BCUT2D eigenvalue weighted by Crippen LogP contribution is 2.25. The third-order valence-corrected chi connectivity index (χ3v) is 4.20. The molecule has 0 aromatic heterocycles. The largest absolute Gasteiger partial charge is 0.496 e. The first-order chi connectivity index (χ1) is 13.3. The number of carbonyl (C=O) groups excluding carboxylic acids is 1. The summed E-state index contributed by atoms with van der Waals surface area (Å²) in [6.07, 6.45) is 1.67. The maximum atomic E-state index is 12.6. The molecule has 0 heterocycles. The van der Waals surface area contributed by atoms with E-state index in [1.54, 1.807) is 19.2 Å². The van der Waals surface area contributed by atoms with Gasteiger partial charge in [0.25, 0.3) is 5.91 Å². The Bertz CT molecular complexity index is 878. The van der Waals surface area contributed by atoms with Gasteiger partial charge in [0.1, 0.15) is 17.2 Å². The Morgan fingerprint density at radius 1 is 0.852 bits per heavy atom. The zero-order valence-electron chi connectivity index (χ0n) is 15.4. The molecular weight excluding hydrogens is 338 g/mol. The van der Waals surface area contributed by atoms with Gasteiger partial charge in [0.15, 0.2) is 0 Å². The van der Waals surface area contributed by atoms with Gasteiger partial charge in [-0.05, 0) is 48.7 Å². The molecule has 0 bridgehead atoms. The Hall–Kier alpha value is -3.27. The van der Waals surface area contributed by atoms with Crippen LogP contribution in [0.2, 0.25) is 0 Å². The van der Waals surface area contributed by atoms with E-state index in [1.165, 1.54) is 0 Å². The molecule has 4 heteroatoms. The Labute approximate surface area is 159 Å². The summed E-state index contributed by atoms with van der Waals surface area (Å²) < 4.78 is 11.2. The van der Waals surface area contributed by atoms with E-state index in [1.807, 2.05) is 66.7 Å². The average Bonchev–Trinajstić information content (AvgIpc) is 2.72. The van der Waals surface area contributed by atoms with Crippen molar-refractivity contribution in [2.45, 2.75) is 12.8 Å². The number of amides is 1. The van der Waals surface area contributed by atoms with Crippen molar-refractivity contribution in [2.24, 2.45) is 0 Å². The van der Waals surface area contributed by atoms with Gasteiger partial charge in [-0.2, -0.15) is 0 Å². The van der Waals surface area contributed by atoms with E-state index in [-0.39, 0.29) is 5.91 Å². The van der Waals surface area contributed by atoms with E-state index in [0.29, 0.717) is 23.6 Å². The van der Waals surface area contributed by atoms with Crippen LogP contribution in [0.15, 0.2) is 78.9 Å². The number of hydrogen-bond donors (Lipinski definition) is 1. The molecule has 4 nitrogen and oxygen atoms in total. The Morgan fingerprint density at radius 3 is 2.30 bits per heavy atom. The lowest BCUT2D eigenvalue weighted by Crippen LogP contribution is -2.25. The number of hydrogen-bond acceptors (Lipinski definition) is 3. The number of ether oxygens (including phenoxy) is 2. The van der Waals surface area contributed by atoms with Crippen LogP contribution in [0.25, 0.3) is 0 Å². The first-order valence-electron chi connectivity index (χ1n) is 9.00. The molecule has 0 aliphatic heterocycles. The number of aryl methyl sites for hydroxylation is 1. The molecule has 1 amide bonds. The predicted molar refractivity (Wildman–Crippen MR) is 107 cm³/mol. The summed E-state index contributed by atoms with van der Waals surface area (Å²) in [5.41, 5.74) is 1.67. The summed E-state index contributed by atoms with van der Waals surface area (Å²) in [7, 11) is 1.67. The number of rotatable bonds is 8. The summed E-state index contributed by atoms with van der Waals surface area (Å²) in [6, 6.07) is 24.7. The van der Waals surface area contributed by atoms with Gasteiger partial charge in [-0.15, -0.1) is 0 Å². The number of para-hydroxylation sites is 3. The normalized spacial score (nSPS) is 10.3. The maximum Gasteiger partial charge on any atom is 0.255 e. The van der Waals surface area contributed by atoms with Crippen LogP contribution in [-0.4, -0.2) is 19.6 Å². The van der Waals surface area contributed by atoms with Gasteiger partial charge in [-0.3, -0.25) is 4.79 Å². The van der Waals surface area contributed by atoms with E-state index in [2.05, 4.69) is 5.32 Å². The smallest absolute Gasteiger partial charge is 0.255 e. The number of benzene rings is 3. The summed E-state index contributed by atoms with van der Waals surface area (Å²) in [4.78, 5) is 12.6. The monoisotopic (exact) mass is 361 g/mol. The SMILES string of the molecule is COc1ccccc1CCCNC(=O)c1ccccc1Oc1ccccc1. The fourth-order valence-corrected chi connectivity index (χ4v) is 2.84. The molecule has 0 saturated carbocycles. The minimum Gasteiger partial charge on any atom is -0.496 e. The van der Waals surface area contributed by atoms with Crippen molar-refractivity contribution in [3.05, 3.63) is 90.0 Å². The van der Waals surface area contributed by atoms with Crippen molar-refractivity contribution in [1.82, 2.24) is 5.32 Å². The number of methoxy groups -OCH3 is 1. The first kappa shape index (κ1) is 18.5. The Balaban J connectivity index is 1.57. The molecule has 0 fully saturated rings. The van der Waals surface area contributed by atoms with Crippen LogP contribution in [-0.2, 0) is 6.42 Å². The molecular formula is C23H23NO3. The highest BCUT2D eigenvalue weighted by molar-refractivity contribution is 5.97. The van der Waals surface area contributed by atoms with Crippen molar-refractivity contribution in [2.75, 3.05) is 13.7 Å². The van der Waals surface area contributed by atoms with Crippen LogP contribution in [0.1, 0.15) is 22.3 Å². The van der Waals surface area contributed by atoms with Crippen molar-refractivity contribution < 1.29 is 14.3 Å².